The molecule has 1 unspecified atom stereocenters. The van der Waals surface area contributed by atoms with Crippen LogP contribution in [0.3, 0.4) is 0 Å². The minimum Gasteiger partial charge on any atom is -0.431 e. The fraction of sp³-hybridized carbons (Fsp3) is 0.316. The molecule has 24 heavy (non-hydrogen) atoms. The highest BCUT2D eigenvalue weighted by atomic mass is 16.7. The zero-order chi connectivity index (χ0) is 17.0. The predicted octanol–water partition coefficient (Wildman–Crippen LogP) is 4.00. The molecule has 128 valence electrons. The Morgan fingerprint density at radius 2 is 1.62 bits per heavy atom. The van der Waals surface area contributed by atoms with Crippen LogP contribution in [0.1, 0.15) is 18.6 Å². The van der Waals surface area contributed by atoms with Crippen LogP contribution in [0.2, 0.25) is 0 Å². The van der Waals surface area contributed by atoms with Gasteiger partial charge in [-0.15, -0.1) is 0 Å². The van der Waals surface area contributed by atoms with Crippen molar-refractivity contribution >= 4 is 6.16 Å². The number of carbonyl (C=O) groups is 1. The predicted molar refractivity (Wildman–Crippen MR) is 90.0 cm³/mol. The van der Waals surface area contributed by atoms with Gasteiger partial charge in [0.2, 0.25) is 0 Å². The highest BCUT2D eigenvalue weighted by Gasteiger charge is 2.16. The highest BCUT2D eigenvalue weighted by molar-refractivity contribution is 5.63. The van der Waals surface area contributed by atoms with Crippen LogP contribution >= 0.6 is 0 Å². The lowest BCUT2D eigenvalue weighted by Crippen LogP contribution is -2.19. The lowest BCUT2D eigenvalue weighted by Gasteiger charge is -2.18. The molecule has 0 bridgehead atoms. The third-order valence-electron chi connectivity index (χ3n) is 3.22. The molecule has 0 N–H and O–H groups in total. The summed E-state index contributed by atoms with van der Waals surface area (Å²) in [6, 6.07) is 18.4. The topological polar surface area (TPSA) is 54.0 Å². The van der Waals surface area contributed by atoms with Gasteiger partial charge in [0.25, 0.3) is 0 Å². The largest absolute Gasteiger partial charge is 0.513 e. The summed E-state index contributed by atoms with van der Waals surface area (Å²) in [7, 11) is 0. The van der Waals surface area contributed by atoms with Crippen molar-refractivity contribution in [2.45, 2.75) is 13.0 Å². The highest BCUT2D eigenvalue weighted by Crippen LogP contribution is 2.18. The van der Waals surface area contributed by atoms with E-state index in [1.165, 1.54) is 0 Å². The molecule has 2 aromatic rings. The van der Waals surface area contributed by atoms with Crippen molar-refractivity contribution in [2.75, 3.05) is 26.4 Å². The molecular weight excluding hydrogens is 308 g/mol. The summed E-state index contributed by atoms with van der Waals surface area (Å²) in [6.07, 6.45) is -1.12. The summed E-state index contributed by atoms with van der Waals surface area (Å²) in [5.41, 5.74) is 0.932. The van der Waals surface area contributed by atoms with Crippen molar-refractivity contribution in [1.29, 1.82) is 0 Å². The van der Waals surface area contributed by atoms with Crippen LogP contribution in [0, 0.1) is 0 Å². The molecule has 0 heterocycles. The standard InChI is InChI=1S/C19H22O5/c1-2-21-13-14-22-18(16-9-5-3-6-10-16)15-23-19(20)24-17-11-7-4-8-12-17/h3-12,18H,2,13-15H2,1H3. The Bertz CT molecular complexity index is 585. The van der Waals surface area contributed by atoms with Crippen molar-refractivity contribution in [3.05, 3.63) is 66.2 Å². The maximum atomic E-state index is 11.8. The molecule has 0 saturated heterocycles. The molecule has 2 rings (SSSR count). The summed E-state index contributed by atoms with van der Waals surface area (Å²) < 4.78 is 21.3. The van der Waals surface area contributed by atoms with Crippen LogP contribution in [0.15, 0.2) is 60.7 Å². The summed E-state index contributed by atoms with van der Waals surface area (Å²) >= 11 is 0. The van der Waals surface area contributed by atoms with Crippen LogP contribution < -0.4 is 4.74 Å². The van der Waals surface area contributed by atoms with Gasteiger partial charge >= 0.3 is 6.16 Å². The van der Waals surface area contributed by atoms with Gasteiger partial charge in [-0.1, -0.05) is 48.5 Å². The molecule has 2 aromatic carbocycles. The lowest BCUT2D eigenvalue weighted by molar-refractivity contribution is -0.0287. The second kappa shape index (κ2) is 10.4. The normalized spacial score (nSPS) is 11.7. The third kappa shape index (κ3) is 6.40. The number of benzene rings is 2. The van der Waals surface area contributed by atoms with Gasteiger partial charge in [0.1, 0.15) is 18.5 Å². The summed E-state index contributed by atoms with van der Waals surface area (Å²) in [6.45, 7) is 3.55. The zero-order valence-corrected chi connectivity index (χ0v) is 13.7. The second-order valence-electron chi connectivity index (χ2n) is 4.94. The van der Waals surface area contributed by atoms with Crippen molar-refractivity contribution in [3.8, 4) is 5.75 Å². The monoisotopic (exact) mass is 330 g/mol. The molecule has 0 fully saturated rings. The first-order valence-electron chi connectivity index (χ1n) is 7.93. The van der Waals surface area contributed by atoms with E-state index in [1.54, 1.807) is 24.3 Å². The van der Waals surface area contributed by atoms with Gasteiger partial charge in [-0.3, -0.25) is 0 Å². The van der Waals surface area contributed by atoms with Crippen molar-refractivity contribution in [1.82, 2.24) is 0 Å². The Kier molecular flexibility index (Phi) is 7.80. The molecule has 0 saturated carbocycles. The van der Waals surface area contributed by atoms with Gasteiger partial charge in [-0.05, 0) is 24.6 Å². The fourth-order valence-electron chi connectivity index (χ4n) is 2.06. The molecular formula is C19H22O5. The smallest absolute Gasteiger partial charge is 0.431 e. The summed E-state index contributed by atoms with van der Waals surface area (Å²) in [5, 5.41) is 0. The number of para-hydroxylation sites is 1. The maximum Gasteiger partial charge on any atom is 0.513 e. The quantitative estimate of drug-likeness (QED) is 0.395. The molecule has 0 amide bonds. The molecule has 0 spiro atoms. The molecule has 0 aliphatic carbocycles. The first kappa shape index (κ1) is 18.0. The lowest BCUT2D eigenvalue weighted by atomic mass is 10.1. The van der Waals surface area contributed by atoms with E-state index in [9.17, 15) is 4.79 Å². The molecule has 0 radical (unpaired) electrons. The van der Waals surface area contributed by atoms with E-state index in [4.69, 9.17) is 18.9 Å². The van der Waals surface area contributed by atoms with Crippen molar-refractivity contribution in [2.24, 2.45) is 0 Å². The van der Waals surface area contributed by atoms with Crippen LogP contribution in [0.5, 0.6) is 5.75 Å². The molecule has 1 atom stereocenters. The minimum atomic E-state index is -0.754. The third-order valence-corrected chi connectivity index (χ3v) is 3.22. The second-order valence-corrected chi connectivity index (χ2v) is 4.94. The van der Waals surface area contributed by atoms with E-state index in [-0.39, 0.29) is 12.7 Å². The van der Waals surface area contributed by atoms with Gasteiger partial charge in [0, 0.05) is 6.61 Å². The van der Waals surface area contributed by atoms with Gasteiger partial charge in [0.15, 0.2) is 0 Å². The first-order valence-corrected chi connectivity index (χ1v) is 7.93. The number of hydrogen-bond donors (Lipinski definition) is 0. The van der Waals surface area contributed by atoms with Crippen molar-refractivity contribution in [3.63, 3.8) is 0 Å². The van der Waals surface area contributed by atoms with Gasteiger partial charge in [-0.2, -0.15) is 0 Å². The minimum absolute atomic E-state index is 0.0712. The van der Waals surface area contributed by atoms with Crippen LogP contribution in [-0.2, 0) is 14.2 Å². The molecule has 0 aliphatic rings. The Balaban J connectivity index is 1.86. The number of ether oxygens (including phenoxy) is 4. The van der Waals surface area contributed by atoms with E-state index in [1.807, 2.05) is 43.3 Å². The summed E-state index contributed by atoms with van der Waals surface area (Å²) in [5.74, 6) is 0.441. The van der Waals surface area contributed by atoms with E-state index in [0.717, 1.165) is 5.56 Å². The average Bonchev–Trinajstić information content (AvgIpc) is 2.62. The van der Waals surface area contributed by atoms with E-state index in [0.29, 0.717) is 25.6 Å². The number of hydrogen-bond acceptors (Lipinski definition) is 5. The Labute approximate surface area is 142 Å². The number of rotatable bonds is 9. The van der Waals surface area contributed by atoms with Crippen LogP contribution in [0.4, 0.5) is 4.79 Å². The summed E-state index contributed by atoms with van der Waals surface area (Å²) in [4.78, 5) is 11.8. The Morgan fingerprint density at radius 3 is 2.29 bits per heavy atom. The Morgan fingerprint density at radius 1 is 0.958 bits per heavy atom. The van der Waals surface area contributed by atoms with E-state index >= 15 is 0 Å². The number of carbonyl (C=O) groups excluding carboxylic acids is 1. The molecule has 5 heteroatoms. The Hall–Kier alpha value is -2.37. The molecule has 0 aromatic heterocycles. The SMILES string of the molecule is CCOCCOC(COC(=O)Oc1ccccc1)c1ccccc1. The van der Waals surface area contributed by atoms with E-state index < -0.39 is 6.16 Å². The van der Waals surface area contributed by atoms with Gasteiger partial charge in [-0.25, -0.2) is 4.79 Å². The molecule has 0 aliphatic heterocycles. The van der Waals surface area contributed by atoms with E-state index in [2.05, 4.69) is 0 Å². The maximum absolute atomic E-state index is 11.8. The van der Waals surface area contributed by atoms with Gasteiger partial charge in [0.05, 0.1) is 13.2 Å². The van der Waals surface area contributed by atoms with Crippen molar-refractivity contribution < 1.29 is 23.7 Å². The fourth-order valence-corrected chi connectivity index (χ4v) is 2.06. The van der Waals surface area contributed by atoms with Crippen LogP contribution in [-0.4, -0.2) is 32.6 Å². The molecule has 5 nitrogen and oxygen atoms in total. The zero-order valence-electron chi connectivity index (χ0n) is 13.7. The first-order chi connectivity index (χ1) is 11.8. The van der Waals surface area contributed by atoms with Crippen LogP contribution in [0.25, 0.3) is 0 Å². The van der Waals surface area contributed by atoms with Gasteiger partial charge < -0.3 is 18.9 Å². The average molecular weight is 330 g/mol.